The third kappa shape index (κ3) is 6.33. The average molecular weight is 442 g/mol. The maximum atomic E-state index is 12.4. The maximum absolute atomic E-state index is 12.4. The lowest BCUT2D eigenvalue weighted by Gasteiger charge is -2.11. The summed E-state index contributed by atoms with van der Waals surface area (Å²) < 4.78 is 39.1. The van der Waals surface area contributed by atoms with Crippen LogP contribution in [0.5, 0.6) is 17.2 Å². The van der Waals surface area contributed by atoms with Crippen LogP contribution < -0.4 is 14.8 Å². The first-order valence-corrected chi connectivity index (χ1v) is 9.15. The number of amides is 2. The summed E-state index contributed by atoms with van der Waals surface area (Å²) in [7, 11) is 0. The van der Waals surface area contributed by atoms with Crippen molar-refractivity contribution in [3.05, 3.63) is 84.2 Å². The summed E-state index contributed by atoms with van der Waals surface area (Å²) in [5.41, 5.74) is 0.103. The van der Waals surface area contributed by atoms with Crippen molar-refractivity contribution in [2.75, 3.05) is 6.61 Å². The number of carbonyl (C=O) groups is 3. The number of hydrogen-bond acceptors (Lipinski definition) is 7. The molecule has 0 saturated heterocycles. The number of hydrogen-bond donors (Lipinski definition) is 1. The van der Waals surface area contributed by atoms with Gasteiger partial charge in [-0.05, 0) is 48.5 Å². The molecule has 2 aromatic carbocycles. The van der Waals surface area contributed by atoms with E-state index in [-0.39, 0.29) is 22.6 Å². The van der Waals surface area contributed by atoms with E-state index in [1.54, 1.807) is 36.5 Å². The van der Waals surface area contributed by atoms with Crippen molar-refractivity contribution < 1.29 is 37.4 Å². The predicted octanol–water partition coefficient (Wildman–Crippen LogP) is 3.59. The summed E-state index contributed by atoms with van der Waals surface area (Å²) in [6, 6.07) is 14.3. The van der Waals surface area contributed by atoms with Gasteiger partial charge in [0.15, 0.2) is 6.61 Å². The van der Waals surface area contributed by atoms with Gasteiger partial charge in [0.05, 0.1) is 6.20 Å². The van der Waals surface area contributed by atoms with Gasteiger partial charge in [-0.2, -0.15) is 8.78 Å². The first kappa shape index (κ1) is 22.3. The van der Waals surface area contributed by atoms with Gasteiger partial charge in [0, 0.05) is 11.8 Å². The molecular formula is C22H16F2N2O6. The van der Waals surface area contributed by atoms with Gasteiger partial charge in [0.2, 0.25) is 0 Å². The Balaban J connectivity index is 1.55. The number of carbonyl (C=O) groups excluding carboxylic acids is 3. The molecular weight excluding hydrogens is 426 g/mol. The van der Waals surface area contributed by atoms with Gasteiger partial charge in [0.25, 0.3) is 11.8 Å². The Morgan fingerprint density at radius 1 is 0.938 bits per heavy atom. The van der Waals surface area contributed by atoms with Crippen LogP contribution in [-0.4, -0.2) is 36.0 Å². The first-order valence-electron chi connectivity index (χ1n) is 9.15. The largest absolute Gasteiger partial charge is 0.455 e. The lowest BCUT2D eigenvalue weighted by atomic mass is 10.2. The Labute approximate surface area is 180 Å². The van der Waals surface area contributed by atoms with Gasteiger partial charge in [-0.1, -0.05) is 12.1 Å². The van der Waals surface area contributed by atoms with E-state index in [1.165, 1.54) is 24.4 Å². The van der Waals surface area contributed by atoms with Crippen LogP contribution in [0, 0.1) is 0 Å². The second-order valence-corrected chi connectivity index (χ2v) is 6.14. The predicted molar refractivity (Wildman–Crippen MR) is 107 cm³/mol. The van der Waals surface area contributed by atoms with E-state index in [9.17, 15) is 23.2 Å². The molecule has 0 spiro atoms. The van der Waals surface area contributed by atoms with Crippen LogP contribution in [0.2, 0.25) is 0 Å². The van der Waals surface area contributed by atoms with E-state index in [0.717, 1.165) is 12.1 Å². The normalized spacial score (nSPS) is 10.3. The van der Waals surface area contributed by atoms with E-state index in [4.69, 9.17) is 9.47 Å². The fourth-order valence-electron chi connectivity index (χ4n) is 2.49. The fourth-order valence-corrected chi connectivity index (χ4v) is 2.49. The number of alkyl halides is 2. The number of nitrogens with one attached hydrogen (secondary N) is 1. The molecule has 0 fully saturated rings. The Hall–Kier alpha value is -4.34. The topological polar surface area (TPSA) is 104 Å². The van der Waals surface area contributed by atoms with Crippen LogP contribution in [0.15, 0.2) is 73.1 Å². The quantitative estimate of drug-likeness (QED) is 0.532. The van der Waals surface area contributed by atoms with Gasteiger partial charge in [-0.25, -0.2) is 4.79 Å². The standard InChI is InChI=1S/C22H16F2N2O6/c23-22(24)32-15-9-7-14(8-10-15)20(28)26-19(27)13-30-21(29)17-5-1-2-6-18(17)31-16-4-3-11-25-12-16/h1-12,22H,13H2,(H,26,27,28). The Bertz CT molecular complexity index is 1090. The third-order valence-corrected chi connectivity index (χ3v) is 3.90. The monoisotopic (exact) mass is 442 g/mol. The molecule has 0 radical (unpaired) electrons. The van der Waals surface area contributed by atoms with Gasteiger partial charge in [-0.3, -0.25) is 19.9 Å². The highest BCUT2D eigenvalue weighted by atomic mass is 19.3. The molecule has 32 heavy (non-hydrogen) atoms. The molecule has 10 heteroatoms. The number of nitrogens with zero attached hydrogens (tertiary/aromatic N) is 1. The zero-order valence-electron chi connectivity index (χ0n) is 16.4. The third-order valence-electron chi connectivity index (χ3n) is 3.90. The molecule has 1 N–H and O–H groups in total. The lowest BCUT2D eigenvalue weighted by molar-refractivity contribution is -0.123. The van der Waals surface area contributed by atoms with Crippen molar-refractivity contribution in [1.29, 1.82) is 0 Å². The summed E-state index contributed by atoms with van der Waals surface area (Å²) in [6.45, 7) is -3.72. The molecule has 3 aromatic rings. The van der Waals surface area contributed by atoms with Crippen molar-refractivity contribution >= 4 is 17.8 Å². The molecule has 1 heterocycles. The van der Waals surface area contributed by atoms with Gasteiger partial charge in [-0.15, -0.1) is 0 Å². The highest BCUT2D eigenvalue weighted by Crippen LogP contribution is 2.25. The van der Waals surface area contributed by atoms with Crippen LogP contribution in [0.25, 0.3) is 0 Å². The van der Waals surface area contributed by atoms with Crippen molar-refractivity contribution in [3.8, 4) is 17.2 Å². The number of rotatable bonds is 8. The molecule has 8 nitrogen and oxygen atoms in total. The minimum absolute atomic E-state index is 0.0292. The SMILES string of the molecule is O=C(COC(=O)c1ccccc1Oc1cccnc1)NC(=O)c1ccc(OC(F)F)cc1. The molecule has 2 amide bonds. The van der Waals surface area contributed by atoms with Crippen LogP contribution in [0.1, 0.15) is 20.7 Å². The Kier molecular flexibility index (Phi) is 7.42. The molecule has 0 bridgehead atoms. The second-order valence-electron chi connectivity index (χ2n) is 6.14. The number of para-hydroxylation sites is 1. The van der Waals surface area contributed by atoms with Crippen LogP contribution in [-0.2, 0) is 9.53 Å². The summed E-state index contributed by atoms with van der Waals surface area (Å²) in [5, 5.41) is 2.03. The van der Waals surface area contributed by atoms with Gasteiger partial charge < -0.3 is 14.2 Å². The van der Waals surface area contributed by atoms with Crippen LogP contribution in [0.3, 0.4) is 0 Å². The zero-order chi connectivity index (χ0) is 22.9. The molecule has 0 unspecified atom stereocenters. The van der Waals surface area contributed by atoms with E-state index in [2.05, 4.69) is 9.72 Å². The van der Waals surface area contributed by atoms with Crippen LogP contribution in [0.4, 0.5) is 8.78 Å². The van der Waals surface area contributed by atoms with Crippen molar-refractivity contribution in [2.24, 2.45) is 0 Å². The molecule has 1 aromatic heterocycles. The smallest absolute Gasteiger partial charge is 0.387 e. The fraction of sp³-hybridized carbons (Fsp3) is 0.0909. The first-order chi connectivity index (χ1) is 15.4. The van der Waals surface area contributed by atoms with E-state index < -0.39 is 31.0 Å². The number of benzene rings is 2. The molecule has 3 rings (SSSR count). The highest BCUT2D eigenvalue weighted by Gasteiger charge is 2.17. The van der Waals surface area contributed by atoms with Gasteiger partial charge >= 0.3 is 12.6 Å². The lowest BCUT2D eigenvalue weighted by Crippen LogP contribution is -2.34. The van der Waals surface area contributed by atoms with E-state index in [0.29, 0.717) is 5.75 Å². The molecule has 164 valence electrons. The second kappa shape index (κ2) is 10.6. The number of esters is 1. The summed E-state index contributed by atoms with van der Waals surface area (Å²) in [4.78, 5) is 40.4. The van der Waals surface area contributed by atoms with Crippen molar-refractivity contribution in [3.63, 3.8) is 0 Å². The van der Waals surface area contributed by atoms with Crippen LogP contribution >= 0.6 is 0 Å². The molecule has 0 atom stereocenters. The Morgan fingerprint density at radius 2 is 1.69 bits per heavy atom. The van der Waals surface area contributed by atoms with Gasteiger partial charge in [0.1, 0.15) is 22.8 Å². The maximum Gasteiger partial charge on any atom is 0.387 e. The van der Waals surface area contributed by atoms with Crippen molar-refractivity contribution in [1.82, 2.24) is 10.3 Å². The van der Waals surface area contributed by atoms with Crippen molar-refractivity contribution in [2.45, 2.75) is 6.61 Å². The summed E-state index contributed by atoms with van der Waals surface area (Å²) in [6.07, 6.45) is 3.03. The number of ether oxygens (including phenoxy) is 3. The Morgan fingerprint density at radius 3 is 2.38 bits per heavy atom. The highest BCUT2D eigenvalue weighted by molar-refractivity contribution is 6.05. The molecule has 0 aliphatic heterocycles. The summed E-state index contributed by atoms with van der Waals surface area (Å²) >= 11 is 0. The number of aromatic nitrogens is 1. The number of pyridine rings is 1. The number of halogens is 2. The molecule has 0 aliphatic rings. The molecule has 0 aliphatic carbocycles. The minimum atomic E-state index is -2.99. The summed E-state index contributed by atoms with van der Waals surface area (Å²) in [5.74, 6) is -2.03. The minimum Gasteiger partial charge on any atom is -0.455 e. The number of imide groups is 1. The average Bonchev–Trinajstić information content (AvgIpc) is 2.78. The van der Waals surface area contributed by atoms with E-state index in [1.807, 2.05) is 5.32 Å². The molecule has 0 saturated carbocycles. The zero-order valence-corrected chi connectivity index (χ0v) is 16.4. The van der Waals surface area contributed by atoms with E-state index >= 15 is 0 Å².